The lowest BCUT2D eigenvalue weighted by Crippen LogP contribution is -2.13. The Morgan fingerprint density at radius 1 is 1.06 bits per heavy atom. The van der Waals surface area contributed by atoms with Crippen molar-refractivity contribution in [3.63, 3.8) is 0 Å². The van der Waals surface area contributed by atoms with Crippen LogP contribution in [0.5, 0.6) is 0 Å². The van der Waals surface area contributed by atoms with Crippen molar-refractivity contribution >= 4 is 11.6 Å². The van der Waals surface area contributed by atoms with Gasteiger partial charge in [-0.15, -0.1) is 5.10 Å². The van der Waals surface area contributed by atoms with E-state index in [0.29, 0.717) is 30.7 Å². The van der Waals surface area contributed by atoms with Gasteiger partial charge in [0.1, 0.15) is 11.5 Å². The van der Waals surface area contributed by atoms with Gasteiger partial charge in [-0.25, -0.2) is 10.1 Å². The van der Waals surface area contributed by atoms with Crippen LogP contribution in [0.15, 0.2) is 48.5 Å². The summed E-state index contributed by atoms with van der Waals surface area (Å²) in [5, 5.41) is 14.8. The molecule has 33 heavy (non-hydrogen) atoms. The number of nitrogens with one attached hydrogen (secondary N) is 1. The van der Waals surface area contributed by atoms with Crippen LogP contribution in [0.4, 0.5) is 0 Å². The van der Waals surface area contributed by atoms with Crippen molar-refractivity contribution in [2.45, 2.75) is 39.0 Å². The zero-order valence-corrected chi connectivity index (χ0v) is 19.1. The van der Waals surface area contributed by atoms with Gasteiger partial charge in [-0.1, -0.05) is 73.5 Å². The van der Waals surface area contributed by atoms with E-state index in [0.717, 1.165) is 53.0 Å². The zero-order chi connectivity index (χ0) is 22.6. The van der Waals surface area contributed by atoms with Gasteiger partial charge >= 0.3 is 0 Å². The molecule has 1 aliphatic heterocycles. The number of aromatic nitrogens is 6. The highest BCUT2D eigenvalue weighted by atomic mass is 35.5. The summed E-state index contributed by atoms with van der Waals surface area (Å²) in [4.78, 5) is 4.64. The third-order valence-electron chi connectivity index (χ3n) is 5.77. The van der Waals surface area contributed by atoms with E-state index < -0.39 is 6.29 Å². The monoisotopic (exact) mass is 464 g/mol. The minimum absolute atomic E-state index is 0.458. The van der Waals surface area contributed by atoms with E-state index in [9.17, 15) is 0 Å². The van der Waals surface area contributed by atoms with Crippen LogP contribution in [-0.4, -0.2) is 43.4 Å². The maximum Gasteiger partial charge on any atom is 0.202 e. The molecule has 1 fully saturated rings. The molecular formula is C24H25ClN6O2. The first kappa shape index (κ1) is 21.8. The standard InChI is InChI=1S/C24H25ClN6O2/c1-2-3-8-20-26-22(25)21(24-32-13-14-33-24)31(20)15-16-9-11-17(12-10-16)18-6-4-5-7-19(18)23-27-29-30-28-23/h4-7,9-12,24H,2-3,8,13-15H2,1H3,(H,27,28,29,30). The smallest absolute Gasteiger partial charge is 0.202 e. The van der Waals surface area contributed by atoms with Crippen LogP contribution in [0.1, 0.15) is 43.1 Å². The van der Waals surface area contributed by atoms with Gasteiger partial charge in [0.2, 0.25) is 6.29 Å². The van der Waals surface area contributed by atoms with E-state index in [1.165, 1.54) is 0 Å². The third kappa shape index (κ3) is 4.55. The average Bonchev–Trinajstić information content (AvgIpc) is 3.61. The molecule has 0 radical (unpaired) electrons. The summed E-state index contributed by atoms with van der Waals surface area (Å²) in [5.41, 5.74) is 5.04. The van der Waals surface area contributed by atoms with Crippen molar-refractivity contribution in [3.05, 3.63) is 70.8 Å². The fraction of sp³-hybridized carbons (Fsp3) is 0.333. The first-order chi connectivity index (χ1) is 16.2. The molecule has 3 heterocycles. The number of hydrogen-bond acceptors (Lipinski definition) is 6. The molecule has 170 valence electrons. The van der Waals surface area contributed by atoms with Crippen LogP contribution >= 0.6 is 11.6 Å². The quantitative estimate of drug-likeness (QED) is 0.402. The predicted molar refractivity (Wildman–Crippen MR) is 125 cm³/mol. The van der Waals surface area contributed by atoms with Gasteiger partial charge in [-0.05, 0) is 33.5 Å². The number of nitrogens with zero attached hydrogens (tertiary/aromatic N) is 5. The molecule has 8 nitrogen and oxygen atoms in total. The van der Waals surface area contributed by atoms with Crippen LogP contribution in [0.3, 0.4) is 0 Å². The number of halogens is 1. The Balaban J connectivity index is 1.45. The SMILES string of the molecule is CCCCc1nc(Cl)c(C2OCCO2)n1Cc1ccc(-c2ccccc2-c2nnn[nH]2)cc1. The molecule has 4 aromatic rings. The van der Waals surface area contributed by atoms with Crippen LogP contribution in [-0.2, 0) is 22.4 Å². The van der Waals surface area contributed by atoms with Crippen LogP contribution in [0.25, 0.3) is 22.5 Å². The summed E-state index contributed by atoms with van der Waals surface area (Å²) in [7, 11) is 0. The van der Waals surface area contributed by atoms with Crippen molar-refractivity contribution in [3.8, 4) is 22.5 Å². The van der Waals surface area contributed by atoms with Gasteiger partial charge in [0.15, 0.2) is 11.0 Å². The molecule has 0 unspecified atom stereocenters. The van der Waals surface area contributed by atoms with Crippen molar-refractivity contribution in [1.82, 2.24) is 30.2 Å². The second kappa shape index (κ2) is 9.82. The second-order valence-corrected chi connectivity index (χ2v) is 8.32. The van der Waals surface area contributed by atoms with Gasteiger partial charge in [-0.3, -0.25) is 0 Å². The van der Waals surface area contributed by atoms with Crippen LogP contribution < -0.4 is 0 Å². The fourth-order valence-electron chi connectivity index (χ4n) is 4.11. The molecule has 0 saturated carbocycles. The van der Waals surface area contributed by atoms with Gasteiger partial charge < -0.3 is 14.0 Å². The third-order valence-corrected chi connectivity index (χ3v) is 6.05. The molecule has 0 aliphatic carbocycles. The van der Waals surface area contributed by atoms with Crippen molar-refractivity contribution in [2.24, 2.45) is 0 Å². The maximum atomic E-state index is 6.54. The maximum absolute atomic E-state index is 6.54. The number of tetrazole rings is 1. The Hall–Kier alpha value is -3.07. The molecule has 9 heteroatoms. The molecule has 0 atom stereocenters. The number of ether oxygens (including phenoxy) is 2. The van der Waals surface area contributed by atoms with E-state index in [4.69, 9.17) is 21.1 Å². The van der Waals surface area contributed by atoms with E-state index in [-0.39, 0.29) is 0 Å². The van der Waals surface area contributed by atoms with Crippen molar-refractivity contribution in [2.75, 3.05) is 13.2 Å². The minimum atomic E-state index is -0.470. The molecule has 2 aromatic carbocycles. The number of imidazole rings is 1. The summed E-state index contributed by atoms with van der Waals surface area (Å²) in [6.45, 7) is 3.94. The predicted octanol–water partition coefficient (Wildman–Crippen LogP) is 4.82. The number of unbranched alkanes of at least 4 members (excludes halogenated alkanes) is 1. The van der Waals surface area contributed by atoms with Gasteiger partial charge in [-0.2, -0.15) is 0 Å². The Morgan fingerprint density at radius 2 is 1.82 bits per heavy atom. The van der Waals surface area contributed by atoms with E-state index in [1.807, 2.05) is 18.2 Å². The summed E-state index contributed by atoms with van der Waals surface area (Å²) in [6.07, 6.45) is 2.53. The summed E-state index contributed by atoms with van der Waals surface area (Å²) >= 11 is 6.54. The summed E-state index contributed by atoms with van der Waals surface area (Å²) in [5.74, 6) is 1.60. The Morgan fingerprint density at radius 3 is 2.52 bits per heavy atom. The molecular weight excluding hydrogens is 440 g/mol. The number of hydrogen-bond donors (Lipinski definition) is 1. The molecule has 0 amide bonds. The van der Waals surface area contributed by atoms with Crippen molar-refractivity contribution < 1.29 is 9.47 Å². The lowest BCUT2D eigenvalue weighted by molar-refractivity contribution is -0.0495. The highest BCUT2D eigenvalue weighted by molar-refractivity contribution is 6.30. The van der Waals surface area contributed by atoms with Gasteiger partial charge in [0.05, 0.1) is 13.2 Å². The van der Waals surface area contributed by atoms with Gasteiger partial charge in [0, 0.05) is 18.5 Å². The molecule has 2 aromatic heterocycles. The van der Waals surface area contributed by atoms with E-state index in [2.05, 4.69) is 67.4 Å². The number of H-pyrrole nitrogens is 1. The molecule has 1 aliphatic rings. The van der Waals surface area contributed by atoms with E-state index in [1.54, 1.807) is 0 Å². The number of rotatable bonds is 8. The largest absolute Gasteiger partial charge is 0.345 e. The molecule has 0 bridgehead atoms. The topological polar surface area (TPSA) is 90.7 Å². The van der Waals surface area contributed by atoms with Crippen molar-refractivity contribution in [1.29, 1.82) is 0 Å². The molecule has 1 saturated heterocycles. The number of aryl methyl sites for hydroxylation is 1. The first-order valence-electron chi connectivity index (χ1n) is 11.1. The Labute approximate surface area is 196 Å². The lowest BCUT2D eigenvalue weighted by Gasteiger charge is -2.16. The first-order valence-corrected chi connectivity index (χ1v) is 11.5. The molecule has 0 spiro atoms. The summed E-state index contributed by atoms with van der Waals surface area (Å²) in [6, 6.07) is 16.5. The van der Waals surface area contributed by atoms with Gasteiger partial charge in [0.25, 0.3) is 0 Å². The number of benzene rings is 2. The summed E-state index contributed by atoms with van der Waals surface area (Å²) < 4.78 is 13.7. The Kier molecular flexibility index (Phi) is 6.48. The highest BCUT2D eigenvalue weighted by Crippen LogP contribution is 2.33. The average molecular weight is 465 g/mol. The van der Waals surface area contributed by atoms with Crippen LogP contribution in [0.2, 0.25) is 5.15 Å². The molecule has 5 rings (SSSR count). The second-order valence-electron chi connectivity index (χ2n) is 7.96. The number of aromatic amines is 1. The van der Waals surface area contributed by atoms with E-state index >= 15 is 0 Å². The minimum Gasteiger partial charge on any atom is -0.345 e. The molecule has 1 N–H and O–H groups in total. The highest BCUT2D eigenvalue weighted by Gasteiger charge is 2.28. The van der Waals surface area contributed by atoms with Crippen LogP contribution in [0, 0.1) is 0 Å². The normalized spacial score (nSPS) is 14.2. The fourth-order valence-corrected chi connectivity index (χ4v) is 4.40. The zero-order valence-electron chi connectivity index (χ0n) is 18.4. The lowest BCUT2D eigenvalue weighted by atomic mass is 9.98. The Bertz CT molecular complexity index is 1200.